The van der Waals surface area contributed by atoms with Gasteiger partial charge in [-0.05, 0) is 18.2 Å². The summed E-state index contributed by atoms with van der Waals surface area (Å²) in [5, 5.41) is -0.0150. The molecule has 0 radical (unpaired) electrons. The number of hydrogen-bond acceptors (Lipinski definition) is 3. The largest absolute Gasteiger partial charge is 0.425 e. The molecular formula is C11H7F2NO2. The van der Waals surface area contributed by atoms with E-state index in [0.29, 0.717) is 0 Å². The standard InChI is InChI=1S/C11H7F2NO2/c1-6(15)16-7-4-8-9(12)2-3-10(13)11(8)14-5-7/h2-5H,1H3. The number of halogens is 2. The molecular weight excluding hydrogens is 216 g/mol. The molecule has 0 bridgehead atoms. The topological polar surface area (TPSA) is 39.2 Å². The third-order valence-electron chi connectivity index (χ3n) is 1.98. The first-order chi connectivity index (χ1) is 7.58. The number of carbonyl (C=O) groups excluding carboxylic acids is 1. The molecule has 5 heteroatoms. The first-order valence-electron chi connectivity index (χ1n) is 4.50. The van der Waals surface area contributed by atoms with E-state index in [0.717, 1.165) is 12.1 Å². The minimum Gasteiger partial charge on any atom is -0.425 e. The summed E-state index contributed by atoms with van der Waals surface area (Å²) in [6, 6.07) is 3.23. The molecule has 0 atom stereocenters. The zero-order valence-corrected chi connectivity index (χ0v) is 8.33. The summed E-state index contributed by atoms with van der Waals surface area (Å²) in [7, 11) is 0. The van der Waals surface area contributed by atoms with Crippen molar-refractivity contribution in [3.05, 3.63) is 36.0 Å². The summed E-state index contributed by atoms with van der Waals surface area (Å²) in [4.78, 5) is 14.4. The number of carbonyl (C=O) groups is 1. The van der Waals surface area contributed by atoms with Crippen LogP contribution in [0.25, 0.3) is 10.9 Å². The van der Waals surface area contributed by atoms with Gasteiger partial charge in [-0.1, -0.05) is 0 Å². The number of hydrogen-bond donors (Lipinski definition) is 0. The number of pyridine rings is 1. The van der Waals surface area contributed by atoms with E-state index in [2.05, 4.69) is 4.98 Å². The number of rotatable bonds is 1. The summed E-state index contributed by atoms with van der Waals surface area (Å²) >= 11 is 0. The highest BCUT2D eigenvalue weighted by Crippen LogP contribution is 2.23. The number of esters is 1. The van der Waals surface area contributed by atoms with Crippen LogP contribution in [-0.4, -0.2) is 11.0 Å². The van der Waals surface area contributed by atoms with Crippen LogP contribution in [0, 0.1) is 11.6 Å². The highest BCUT2D eigenvalue weighted by Gasteiger charge is 2.09. The molecule has 0 N–H and O–H groups in total. The Kier molecular flexibility index (Phi) is 2.52. The molecule has 1 aromatic carbocycles. The molecule has 1 aromatic heterocycles. The third-order valence-corrected chi connectivity index (χ3v) is 1.98. The Morgan fingerprint density at radius 1 is 1.31 bits per heavy atom. The van der Waals surface area contributed by atoms with Gasteiger partial charge in [-0.3, -0.25) is 4.79 Å². The second-order valence-electron chi connectivity index (χ2n) is 3.19. The fourth-order valence-electron chi connectivity index (χ4n) is 1.35. The highest BCUT2D eigenvalue weighted by molar-refractivity contribution is 5.81. The Morgan fingerprint density at radius 2 is 2.00 bits per heavy atom. The van der Waals surface area contributed by atoms with Gasteiger partial charge in [0.1, 0.15) is 22.9 Å². The molecule has 2 rings (SSSR count). The molecule has 1 heterocycles. The van der Waals surface area contributed by atoms with Crippen LogP contribution in [0.3, 0.4) is 0 Å². The molecule has 82 valence electrons. The van der Waals surface area contributed by atoms with Crippen LogP contribution < -0.4 is 4.74 Å². The molecule has 2 aromatic rings. The van der Waals surface area contributed by atoms with Crippen molar-refractivity contribution in [3.8, 4) is 5.75 Å². The molecule has 0 unspecified atom stereocenters. The van der Waals surface area contributed by atoms with Gasteiger partial charge < -0.3 is 4.74 Å². The second kappa shape index (κ2) is 3.84. The van der Waals surface area contributed by atoms with Crippen molar-refractivity contribution in [1.29, 1.82) is 0 Å². The molecule has 0 saturated heterocycles. The normalized spacial score (nSPS) is 10.4. The maximum Gasteiger partial charge on any atom is 0.308 e. The van der Waals surface area contributed by atoms with Crippen molar-refractivity contribution in [3.63, 3.8) is 0 Å². The van der Waals surface area contributed by atoms with Crippen LogP contribution in [0.1, 0.15) is 6.92 Å². The van der Waals surface area contributed by atoms with Crippen molar-refractivity contribution in [2.75, 3.05) is 0 Å². The van der Waals surface area contributed by atoms with Crippen molar-refractivity contribution < 1.29 is 18.3 Å². The maximum absolute atomic E-state index is 13.3. The quantitative estimate of drug-likeness (QED) is 0.697. The van der Waals surface area contributed by atoms with Gasteiger partial charge in [-0.2, -0.15) is 0 Å². The van der Waals surface area contributed by atoms with E-state index in [4.69, 9.17) is 4.74 Å². The number of aromatic nitrogens is 1. The van der Waals surface area contributed by atoms with Crippen molar-refractivity contribution in [2.24, 2.45) is 0 Å². The average Bonchev–Trinajstić information content (AvgIpc) is 2.23. The summed E-state index contributed by atoms with van der Waals surface area (Å²) in [5.41, 5.74) is -0.0871. The molecule has 0 saturated carbocycles. The Hall–Kier alpha value is -2.04. The average molecular weight is 223 g/mol. The van der Waals surface area contributed by atoms with Gasteiger partial charge in [0.2, 0.25) is 0 Å². The molecule has 0 amide bonds. The lowest BCUT2D eigenvalue weighted by Crippen LogP contribution is -2.02. The van der Waals surface area contributed by atoms with Gasteiger partial charge in [-0.25, -0.2) is 13.8 Å². The number of nitrogens with zero attached hydrogens (tertiary/aromatic N) is 1. The summed E-state index contributed by atoms with van der Waals surface area (Å²) in [6.07, 6.45) is 1.17. The molecule has 0 spiro atoms. The van der Waals surface area contributed by atoms with E-state index in [1.54, 1.807) is 0 Å². The van der Waals surface area contributed by atoms with Crippen molar-refractivity contribution >= 4 is 16.9 Å². The second-order valence-corrected chi connectivity index (χ2v) is 3.19. The third kappa shape index (κ3) is 1.84. The van der Waals surface area contributed by atoms with Crippen LogP contribution in [0.15, 0.2) is 24.4 Å². The predicted octanol–water partition coefficient (Wildman–Crippen LogP) is 2.44. The van der Waals surface area contributed by atoms with Crippen molar-refractivity contribution in [2.45, 2.75) is 6.92 Å². The van der Waals surface area contributed by atoms with E-state index < -0.39 is 17.6 Å². The van der Waals surface area contributed by atoms with Gasteiger partial charge in [-0.15, -0.1) is 0 Å². The van der Waals surface area contributed by atoms with E-state index in [9.17, 15) is 13.6 Å². The van der Waals surface area contributed by atoms with E-state index in [-0.39, 0.29) is 16.7 Å². The van der Waals surface area contributed by atoms with Crippen LogP contribution in [0.5, 0.6) is 5.75 Å². The Bertz CT molecular complexity index is 569. The minimum atomic E-state index is -0.620. The van der Waals surface area contributed by atoms with E-state index in [1.165, 1.54) is 19.2 Å². The Balaban J connectivity index is 2.61. The highest BCUT2D eigenvalue weighted by atomic mass is 19.1. The summed E-state index contributed by atoms with van der Waals surface area (Å²) in [5.74, 6) is -1.69. The smallest absolute Gasteiger partial charge is 0.308 e. The maximum atomic E-state index is 13.3. The van der Waals surface area contributed by atoms with Gasteiger partial charge in [0.15, 0.2) is 0 Å². The Labute approximate surface area is 89.7 Å². The first kappa shape index (κ1) is 10.5. The fourth-order valence-corrected chi connectivity index (χ4v) is 1.35. The number of benzene rings is 1. The lowest BCUT2D eigenvalue weighted by Gasteiger charge is -2.03. The van der Waals surface area contributed by atoms with E-state index in [1.807, 2.05) is 0 Å². The molecule has 3 nitrogen and oxygen atoms in total. The monoisotopic (exact) mass is 223 g/mol. The number of ether oxygens (including phenoxy) is 1. The predicted molar refractivity (Wildman–Crippen MR) is 53.0 cm³/mol. The zero-order valence-electron chi connectivity index (χ0n) is 8.33. The molecule has 0 fully saturated rings. The van der Waals surface area contributed by atoms with Gasteiger partial charge in [0.25, 0.3) is 0 Å². The first-order valence-corrected chi connectivity index (χ1v) is 4.50. The molecule has 0 aliphatic heterocycles. The van der Waals surface area contributed by atoms with Gasteiger partial charge in [0, 0.05) is 12.3 Å². The number of fused-ring (bicyclic) bond motifs is 1. The molecule has 16 heavy (non-hydrogen) atoms. The SMILES string of the molecule is CC(=O)Oc1cnc2c(F)ccc(F)c2c1. The molecule has 0 aliphatic rings. The van der Waals surface area contributed by atoms with Crippen LogP contribution in [0.4, 0.5) is 8.78 Å². The van der Waals surface area contributed by atoms with Gasteiger partial charge in [0.05, 0.1) is 6.20 Å². The van der Waals surface area contributed by atoms with Crippen LogP contribution in [0.2, 0.25) is 0 Å². The van der Waals surface area contributed by atoms with Gasteiger partial charge >= 0.3 is 5.97 Å². The van der Waals surface area contributed by atoms with Crippen molar-refractivity contribution in [1.82, 2.24) is 4.98 Å². The lowest BCUT2D eigenvalue weighted by molar-refractivity contribution is -0.131. The molecule has 0 aliphatic carbocycles. The Morgan fingerprint density at radius 3 is 2.69 bits per heavy atom. The van der Waals surface area contributed by atoms with E-state index >= 15 is 0 Å². The fraction of sp³-hybridized carbons (Fsp3) is 0.0909. The van der Waals surface area contributed by atoms with Crippen LogP contribution in [-0.2, 0) is 4.79 Å². The summed E-state index contributed by atoms with van der Waals surface area (Å²) in [6.45, 7) is 1.21. The zero-order chi connectivity index (χ0) is 11.7. The van der Waals surface area contributed by atoms with Crippen LogP contribution >= 0.6 is 0 Å². The summed E-state index contributed by atoms with van der Waals surface area (Å²) < 4.78 is 31.3. The minimum absolute atomic E-state index is 0.0150. The lowest BCUT2D eigenvalue weighted by atomic mass is 10.2.